The molecular formula is C21H30IN5O3. The fourth-order valence-corrected chi connectivity index (χ4v) is 2.43. The van der Waals surface area contributed by atoms with Crippen LogP contribution in [0.2, 0.25) is 0 Å². The van der Waals surface area contributed by atoms with Gasteiger partial charge in [-0.1, -0.05) is 12.1 Å². The molecule has 0 saturated heterocycles. The average molecular weight is 527 g/mol. The van der Waals surface area contributed by atoms with Crippen LogP contribution in [0.1, 0.15) is 43.8 Å². The molecule has 9 heteroatoms. The zero-order valence-electron chi connectivity index (χ0n) is 17.7. The molecule has 0 atom stereocenters. The van der Waals surface area contributed by atoms with Crippen LogP contribution in [-0.4, -0.2) is 36.4 Å². The quantitative estimate of drug-likeness (QED) is 0.252. The van der Waals surface area contributed by atoms with Crippen LogP contribution in [0.15, 0.2) is 52.1 Å². The summed E-state index contributed by atoms with van der Waals surface area (Å²) in [5, 5.41) is 11.8. The van der Waals surface area contributed by atoms with Gasteiger partial charge in [-0.15, -0.1) is 24.0 Å². The predicted octanol–water partition coefficient (Wildman–Crippen LogP) is 3.12. The highest BCUT2D eigenvalue weighted by atomic mass is 127. The summed E-state index contributed by atoms with van der Waals surface area (Å²) in [6.07, 6.45) is 1.46. The van der Waals surface area contributed by atoms with E-state index >= 15 is 0 Å². The molecule has 1 aromatic heterocycles. The van der Waals surface area contributed by atoms with E-state index in [1.807, 2.05) is 52.0 Å². The molecule has 0 aliphatic rings. The summed E-state index contributed by atoms with van der Waals surface area (Å²) in [6.45, 7) is 9.03. The average Bonchev–Trinajstić information content (AvgIpc) is 3.19. The molecule has 30 heavy (non-hydrogen) atoms. The highest BCUT2D eigenvalue weighted by Crippen LogP contribution is 2.12. The fourth-order valence-electron chi connectivity index (χ4n) is 2.43. The van der Waals surface area contributed by atoms with Gasteiger partial charge in [0.15, 0.2) is 11.7 Å². The fraction of sp³-hybridized carbons (Fsp3) is 0.381. The van der Waals surface area contributed by atoms with Gasteiger partial charge in [-0.2, -0.15) is 0 Å². The number of anilines is 1. The second kappa shape index (κ2) is 12.2. The first-order chi connectivity index (χ1) is 13.8. The van der Waals surface area contributed by atoms with E-state index in [4.69, 9.17) is 4.42 Å². The Labute approximate surface area is 194 Å². The molecule has 2 rings (SSSR count). The Bertz CT molecular complexity index is 827. The molecule has 0 spiro atoms. The summed E-state index contributed by atoms with van der Waals surface area (Å²) in [5.41, 5.74) is 1.36. The van der Waals surface area contributed by atoms with Gasteiger partial charge in [0.1, 0.15) is 0 Å². The van der Waals surface area contributed by atoms with E-state index in [9.17, 15) is 9.59 Å². The van der Waals surface area contributed by atoms with Gasteiger partial charge in [0.05, 0.1) is 19.4 Å². The Hall–Kier alpha value is -2.56. The smallest absolute Gasteiger partial charge is 0.291 e. The Morgan fingerprint density at radius 3 is 2.33 bits per heavy atom. The van der Waals surface area contributed by atoms with Gasteiger partial charge < -0.3 is 25.7 Å². The lowest BCUT2D eigenvalue weighted by molar-refractivity contribution is -0.121. The first kappa shape index (κ1) is 25.5. The number of hydrogen-bond donors (Lipinski definition) is 4. The van der Waals surface area contributed by atoms with Crippen LogP contribution in [-0.2, 0) is 11.3 Å². The zero-order valence-corrected chi connectivity index (χ0v) is 20.1. The van der Waals surface area contributed by atoms with Crippen LogP contribution in [0.5, 0.6) is 0 Å². The van der Waals surface area contributed by atoms with Crippen molar-refractivity contribution < 1.29 is 14.0 Å². The standard InChI is InChI=1S/C21H29N5O3.HI/c1-5-22-20(24-14-18(27)26-21(2,3)4)23-13-15-8-10-16(11-9-15)25-19(28)17-7-6-12-29-17;/h6-12H,5,13-14H2,1-4H3,(H,25,28)(H,26,27)(H2,22,23,24);1H. The lowest BCUT2D eigenvalue weighted by Crippen LogP contribution is -2.48. The summed E-state index contributed by atoms with van der Waals surface area (Å²) in [6, 6.07) is 10.7. The van der Waals surface area contributed by atoms with Crippen LogP contribution < -0.4 is 21.3 Å². The van der Waals surface area contributed by atoms with Crippen molar-refractivity contribution in [2.45, 2.75) is 39.8 Å². The van der Waals surface area contributed by atoms with E-state index < -0.39 is 0 Å². The maximum atomic E-state index is 12.0. The minimum absolute atomic E-state index is 0. The molecule has 2 aromatic rings. The van der Waals surface area contributed by atoms with Crippen molar-refractivity contribution in [2.75, 3.05) is 18.4 Å². The van der Waals surface area contributed by atoms with Gasteiger partial charge in [-0.3, -0.25) is 9.59 Å². The van der Waals surface area contributed by atoms with Crippen molar-refractivity contribution in [3.05, 3.63) is 54.0 Å². The zero-order chi connectivity index (χ0) is 21.3. The second-order valence-electron chi connectivity index (χ2n) is 7.48. The molecule has 0 aliphatic heterocycles. The number of carbonyl (C=O) groups excluding carboxylic acids is 2. The van der Waals surface area contributed by atoms with Crippen LogP contribution in [0.4, 0.5) is 5.69 Å². The number of rotatable bonds is 7. The number of nitrogens with one attached hydrogen (secondary N) is 4. The topological polar surface area (TPSA) is 108 Å². The Kier molecular flexibility index (Phi) is 10.4. The molecular weight excluding hydrogens is 497 g/mol. The minimum Gasteiger partial charge on any atom is -0.459 e. The molecule has 0 unspecified atom stereocenters. The number of guanidine groups is 1. The van der Waals surface area contributed by atoms with Crippen LogP contribution in [0.25, 0.3) is 0 Å². The first-order valence-corrected chi connectivity index (χ1v) is 9.54. The molecule has 164 valence electrons. The van der Waals surface area contributed by atoms with Gasteiger partial charge in [-0.05, 0) is 57.5 Å². The maximum absolute atomic E-state index is 12.0. The van der Waals surface area contributed by atoms with Crippen molar-refractivity contribution in [2.24, 2.45) is 4.99 Å². The van der Waals surface area contributed by atoms with E-state index in [-0.39, 0.29) is 53.6 Å². The SMILES string of the molecule is CCNC(=NCc1ccc(NC(=O)c2ccco2)cc1)NCC(=O)NC(C)(C)C.I. The summed E-state index contributed by atoms with van der Waals surface area (Å²) in [4.78, 5) is 28.4. The lowest BCUT2D eigenvalue weighted by atomic mass is 10.1. The summed E-state index contributed by atoms with van der Waals surface area (Å²) >= 11 is 0. The van der Waals surface area contributed by atoms with Crippen molar-refractivity contribution in [1.29, 1.82) is 0 Å². The molecule has 0 fully saturated rings. The number of amides is 2. The summed E-state index contributed by atoms with van der Waals surface area (Å²) in [7, 11) is 0. The van der Waals surface area contributed by atoms with Crippen LogP contribution in [0.3, 0.4) is 0 Å². The Morgan fingerprint density at radius 1 is 1.07 bits per heavy atom. The Balaban J connectivity index is 0.00000450. The van der Waals surface area contributed by atoms with E-state index in [2.05, 4.69) is 26.3 Å². The number of carbonyl (C=O) groups is 2. The van der Waals surface area contributed by atoms with Crippen molar-refractivity contribution in [1.82, 2.24) is 16.0 Å². The van der Waals surface area contributed by atoms with Gasteiger partial charge in [0, 0.05) is 17.8 Å². The largest absolute Gasteiger partial charge is 0.459 e. The molecule has 1 heterocycles. The number of furan rings is 1. The molecule has 4 N–H and O–H groups in total. The lowest BCUT2D eigenvalue weighted by Gasteiger charge is -2.21. The first-order valence-electron chi connectivity index (χ1n) is 9.54. The van der Waals surface area contributed by atoms with E-state index in [0.717, 1.165) is 5.56 Å². The van der Waals surface area contributed by atoms with Gasteiger partial charge in [0.2, 0.25) is 5.91 Å². The van der Waals surface area contributed by atoms with Crippen molar-refractivity contribution in [3.63, 3.8) is 0 Å². The third kappa shape index (κ3) is 9.29. The highest BCUT2D eigenvalue weighted by Gasteiger charge is 2.13. The number of benzene rings is 1. The maximum Gasteiger partial charge on any atom is 0.291 e. The van der Waals surface area contributed by atoms with E-state index in [1.165, 1.54) is 6.26 Å². The van der Waals surface area contributed by atoms with E-state index in [1.54, 1.807) is 12.1 Å². The number of nitrogens with zero attached hydrogens (tertiary/aromatic N) is 1. The number of halogens is 1. The van der Waals surface area contributed by atoms with Gasteiger partial charge in [-0.25, -0.2) is 4.99 Å². The summed E-state index contributed by atoms with van der Waals surface area (Å²) in [5.74, 6) is 0.426. The minimum atomic E-state index is -0.298. The van der Waals surface area contributed by atoms with Crippen LogP contribution >= 0.6 is 24.0 Å². The second-order valence-corrected chi connectivity index (χ2v) is 7.48. The summed E-state index contributed by atoms with van der Waals surface area (Å²) < 4.78 is 5.07. The molecule has 0 radical (unpaired) electrons. The van der Waals surface area contributed by atoms with Gasteiger partial charge >= 0.3 is 0 Å². The normalized spacial score (nSPS) is 11.3. The van der Waals surface area contributed by atoms with Crippen molar-refractivity contribution >= 4 is 47.4 Å². The molecule has 0 saturated carbocycles. The predicted molar refractivity (Wildman–Crippen MR) is 129 cm³/mol. The molecule has 0 bridgehead atoms. The third-order valence-corrected chi connectivity index (χ3v) is 3.65. The number of aliphatic imine (C=N–C) groups is 1. The Morgan fingerprint density at radius 2 is 1.77 bits per heavy atom. The number of hydrogen-bond acceptors (Lipinski definition) is 4. The highest BCUT2D eigenvalue weighted by molar-refractivity contribution is 14.0. The van der Waals surface area contributed by atoms with Crippen molar-refractivity contribution in [3.8, 4) is 0 Å². The molecule has 1 aromatic carbocycles. The third-order valence-electron chi connectivity index (χ3n) is 3.65. The molecule has 2 amide bonds. The molecule has 8 nitrogen and oxygen atoms in total. The van der Waals surface area contributed by atoms with E-state index in [0.29, 0.717) is 24.7 Å². The molecule has 0 aliphatic carbocycles. The van der Waals surface area contributed by atoms with Gasteiger partial charge in [0.25, 0.3) is 5.91 Å². The van der Waals surface area contributed by atoms with Crippen LogP contribution in [0, 0.1) is 0 Å². The monoisotopic (exact) mass is 527 g/mol.